The molecule has 0 aliphatic carbocycles. The van der Waals surface area contributed by atoms with Gasteiger partial charge in [-0.25, -0.2) is 4.39 Å². The van der Waals surface area contributed by atoms with Crippen molar-refractivity contribution < 1.29 is 14.0 Å². The number of amides is 1. The molecule has 212 valence electrons. The van der Waals surface area contributed by atoms with Gasteiger partial charge in [-0.15, -0.1) is 0 Å². The van der Waals surface area contributed by atoms with Crippen LogP contribution < -0.4 is 10.2 Å². The number of rotatable bonds is 7. The molecule has 2 aliphatic rings. The lowest BCUT2D eigenvalue weighted by molar-refractivity contribution is -0.105. The standard InChI is InChI=1S/C36H34FN3O2/c1-36(2)24-40(35(42)27-13-15-29(37)16-14-27)22-28(23-41)34-33(36)31-18-17-30(19-32(31)38-34)39(20-25-9-5-3-6-10-25)21-26-11-7-4-8-12-26/h3-19,22-23,33-34,38H,20-21,24H2,1-2H3. The van der Waals surface area contributed by atoms with E-state index in [0.29, 0.717) is 17.7 Å². The van der Waals surface area contributed by atoms with E-state index in [2.05, 4.69) is 90.8 Å². The van der Waals surface area contributed by atoms with E-state index in [1.54, 1.807) is 11.1 Å². The second kappa shape index (κ2) is 11.3. The lowest BCUT2D eigenvalue weighted by atomic mass is 9.71. The van der Waals surface area contributed by atoms with Crippen LogP contribution in [0.4, 0.5) is 15.8 Å². The molecule has 0 radical (unpaired) electrons. The summed E-state index contributed by atoms with van der Waals surface area (Å²) in [4.78, 5) is 29.8. The Morgan fingerprint density at radius 3 is 2.14 bits per heavy atom. The lowest BCUT2D eigenvalue weighted by Crippen LogP contribution is -2.39. The molecule has 6 heteroatoms. The Bertz CT molecular complexity index is 1580. The van der Waals surface area contributed by atoms with Crippen LogP contribution in [0.1, 0.15) is 46.8 Å². The molecule has 2 heterocycles. The maximum atomic E-state index is 13.5. The number of halogens is 1. The van der Waals surface area contributed by atoms with Crippen LogP contribution in [0.15, 0.2) is 115 Å². The molecule has 42 heavy (non-hydrogen) atoms. The third kappa shape index (κ3) is 5.45. The van der Waals surface area contributed by atoms with Gasteiger partial charge < -0.3 is 15.1 Å². The van der Waals surface area contributed by atoms with Gasteiger partial charge in [0.05, 0.1) is 6.04 Å². The van der Waals surface area contributed by atoms with Crippen LogP contribution in [0.25, 0.3) is 0 Å². The number of carbonyl (C=O) groups excluding carboxylic acids is 2. The van der Waals surface area contributed by atoms with E-state index in [0.717, 1.165) is 36.3 Å². The Hall–Kier alpha value is -4.71. The van der Waals surface area contributed by atoms with Crippen LogP contribution in [-0.4, -0.2) is 29.7 Å². The van der Waals surface area contributed by atoms with Crippen molar-refractivity contribution in [2.75, 3.05) is 16.8 Å². The number of nitrogens with zero attached hydrogens (tertiary/aromatic N) is 2. The number of hydrogen-bond donors (Lipinski definition) is 1. The van der Waals surface area contributed by atoms with Gasteiger partial charge in [0, 0.05) is 54.3 Å². The molecule has 0 bridgehead atoms. The smallest absolute Gasteiger partial charge is 0.257 e. The highest BCUT2D eigenvalue weighted by Crippen LogP contribution is 2.51. The van der Waals surface area contributed by atoms with Crippen molar-refractivity contribution in [1.82, 2.24) is 4.90 Å². The second-order valence-corrected chi connectivity index (χ2v) is 11.9. The Kier molecular flexibility index (Phi) is 7.38. The van der Waals surface area contributed by atoms with E-state index in [4.69, 9.17) is 0 Å². The Morgan fingerprint density at radius 2 is 1.55 bits per heavy atom. The predicted molar refractivity (Wildman–Crippen MR) is 165 cm³/mol. The number of benzene rings is 4. The first-order valence-electron chi connectivity index (χ1n) is 14.3. The molecule has 2 unspecified atom stereocenters. The zero-order chi connectivity index (χ0) is 29.3. The predicted octanol–water partition coefficient (Wildman–Crippen LogP) is 7.18. The number of anilines is 2. The number of fused-ring (bicyclic) bond motifs is 3. The van der Waals surface area contributed by atoms with Crippen molar-refractivity contribution in [2.45, 2.75) is 38.9 Å². The first-order chi connectivity index (χ1) is 20.3. The van der Waals surface area contributed by atoms with Gasteiger partial charge in [-0.3, -0.25) is 9.59 Å². The first-order valence-corrected chi connectivity index (χ1v) is 14.3. The molecule has 2 aliphatic heterocycles. The number of hydrogen-bond acceptors (Lipinski definition) is 4. The highest BCUT2D eigenvalue weighted by atomic mass is 19.1. The minimum absolute atomic E-state index is 0.0271. The van der Waals surface area contributed by atoms with Gasteiger partial charge in [0.1, 0.15) is 12.1 Å². The molecule has 4 aromatic carbocycles. The molecule has 0 saturated heterocycles. The number of aldehydes is 1. The minimum Gasteiger partial charge on any atom is -0.377 e. The highest BCUT2D eigenvalue weighted by Gasteiger charge is 2.47. The zero-order valence-corrected chi connectivity index (χ0v) is 23.8. The molecule has 1 amide bonds. The number of carbonyl (C=O) groups is 2. The first kappa shape index (κ1) is 27.5. The fourth-order valence-corrected chi connectivity index (χ4v) is 6.40. The molecule has 2 atom stereocenters. The molecule has 0 saturated carbocycles. The summed E-state index contributed by atoms with van der Waals surface area (Å²) in [6.45, 7) is 6.20. The van der Waals surface area contributed by atoms with Gasteiger partial charge in [-0.05, 0) is 58.5 Å². The summed E-state index contributed by atoms with van der Waals surface area (Å²) in [5, 5.41) is 3.65. The van der Waals surface area contributed by atoms with Gasteiger partial charge in [0.2, 0.25) is 0 Å². The number of nitrogens with one attached hydrogen (secondary N) is 1. The molecule has 6 rings (SSSR count). The SMILES string of the molecule is CC1(C)CN(C(=O)c2ccc(F)cc2)C=C(C=O)C2Nc3cc(N(Cc4ccccc4)Cc4ccccc4)ccc3C21. The van der Waals surface area contributed by atoms with E-state index >= 15 is 0 Å². The average Bonchev–Trinajstić information content (AvgIpc) is 3.35. The van der Waals surface area contributed by atoms with Gasteiger partial charge >= 0.3 is 0 Å². The third-order valence-corrected chi connectivity index (χ3v) is 8.39. The van der Waals surface area contributed by atoms with Crippen molar-refractivity contribution in [3.05, 3.63) is 143 Å². The van der Waals surface area contributed by atoms with Crippen LogP contribution >= 0.6 is 0 Å². The quantitative estimate of drug-likeness (QED) is 0.244. The fourth-order valence-electron chi connectivity index (χ4n) is 6.40. The Labute approximate surface area is 246 Å². The van der Waals surface area contributed by atoms with E-state index in [-0.39, 0.29) is 23.3 Å². The summed E-state index contributed by atoms with van der Waals surface area (Å²) in [5.41, 5.74) is 6.22. The van der Waals surface area contributed by atoms with Gasteiger partial charge in [0.25, 0.3) is 5.91 Å². The van der Waals surface area contributed by atoms with Crippen molar-refractivity contribution in [3.63, 3.8) is 0 Å². The Morgan fingerprint density at radius 1 is 0.929 bits per heavy atom. The average molecular weight is 560 g/mol. The summed E-state index contributed by atoms with van der Waals surface area (Å²) in [5.74, 6) is -0.677. The van der Waals surface area contributed by atoms with Crippen LogP contribution in [0.5, 0.6) is 0 Å². The van der Waals surface area contributed by atoms with Crippen molar-refractivity contribution >= 4 is 23.6 Å². The van der Waals surface area contributed by atoms with Gasteiger partial charge in [0.15, 0.2) is 0 Å². The molecular formula is C36H34FN3O2. The Balaban J connectivity index is 1.33. The maximum Gasteiger partial charge on any atom is 0.257 e. The second-order valence-electron chi connectivity index (χ2n) is 11.9. The molecule has 0 fully saturated rings. The summed E-state index contributed by atoms with van der Waals surface area (Å²) < 4.78 is 13.5. The lowest BCUT2D eigenvalue weighted by Gasteiger charge is -2.36. The van der Waals surface area contributed by atoms with Crippen LogP contribution in [0, 0.1) is 11.2 Å². The third-order valence-electron chi connectivity index (χ3n) is 8.39. The molecule has 0 aromatic heterocycles. The van der Waals surface area contributed by atoms with Crippen molar-refractivity contribution in [1.29, 1.82) is 0 Å². The van der Waals surface area contributed by atoms with Crippen LogP contribution in [-0.2, 0) is 17.9 Å². The van der Waals surface area contributed by atoms with Gasteiger partial charge in [-0.1, -0.05) is 80.6 Å². The summed E-state index contributed by atoms with van der Waals surface area (Å²) in [6, 6.07) is 32.7. The summed E-state index contributed by atoms with van der Waals surface area (Å²) in [7, 11) is 0. The minimum atomic E-state index is -0.396. The van der Waals surface area contributed by atoms with Crippen LogP contribution in [0.3, 0.4) is 0 Å². The molecule has 4 aromatic rings. The summed E-state index contributed by atoms with van der Waals surface area (Å²) in [6.07, 6.45) is 2.52. The van der Waals surface area contributed by atoms with E-state index in [9.17, 15) is 14.0 Å². The normalized spacial score (nSPS) is 18.6. The van der Waals surface area contributed by atoms with E-state index in [1.165, 1.54) is 35.4 Å². The topological polar surface area (TPSA) is 52.7 Å². The fraction of sp³-hybridized carbons (Fsp3) is 0.222. The molecular weight excluding hydrogens is 525 g/mol. The van der Waals surface area contributed by atoms with Gasteiger partial charge in [-0.2, -0.15) is 0 Å². The van der Waals surface area contributed by atoms with Crippen molar-refractivity contribution in [2.24, 2.45) is 5.41 Å². The maximum absolute atomic E-state index is 13.5. The largest absolute Gasteiger partial charge is 0.377 e. The van der Waals surface area contributed by atoms with E-state index < -0.39 is 5.82 Å². The molecule has 1 N–H and O–H groups in total. The summed E-state index contributed by atoms with van der Waals surface area (Å²) >= 11 is 0. The van der Waals surface area contributed by atoms with Crippen molar-refractivity contribution in [3.8, 4) is 0 Å². The zero-order valence-electron chi connectivity index (χ0n) is 23.8. The molecule has 5 nitrogen and oxygen atoms in total. The van der Waals surface area contributed by atoms with Crippen LogP contribution in [0.2, 0.25) is 0 Å². The monoisotopic (exact) mass is 559 g/mol. The molecule has 0 spiro atoms. The highest BCUT2D eigenvalue weighted by molar-refractivity contribution is 5.96. The van der Waals surface area contributed by atoms with E-state index in [1.807, 2.05) is 12.1 Å².